The van der Waals surface area contributed by atoms with Crippen LogP contribution in [0, 0.1) is 11.7 Å². The largest absolute Gasteiger partial charge is 0.481 e. The Hall–Kier alpha value is -3.58. The highest BCUT2D eigenvalue weighted by Gasteiger charge is 2.28. The second-order valence-electron chi connectivity index (χ2n) is 8.12. The van der Waals surface area contributed by atoms with E-state index in [2.05, 4.69) is 9.88 Å². The molecule has 1 unspecified atom stereocenters. The zero-order valence-corrected chi connectivity index (χ0v) is 18.6. The Morgan fingerprint density at radius 2 is 1.70 bits per heavy atom. The summed E-state index contributed by atoms with van der Waals surface area (Å²) in [5.74, 6) is -1.38. The van der Waals surface area contributed by atoms with Crippen molar-refractivity contribution in [2.24, 2.45) is 5.92 Å². The van der Waals surface area contributed by atoms with Crippen molar-refractivity contribution >= 4 is 22.4 Å². The lowest BCUT2D eigenvalue weighted by Gasteiger charge is -2.30. The van der Waals surface area contributed by atoms with Crippen molar-refractivity contribution in [2.45, 2.75) is 12.8 Å². The Labute approximate surface area is 195 Å². The van der Waals surface area contributed by atoms with Crippen LogP contribution in [0.5, 0.6) is 0 Å². The van der Waals surface area contributed by atoms with E-state index in [1.807, 2.05) is 42.6 Å². The summed E-state index contributed by atoms with van der Waals surface area (Å²) in [5, 5.41) is 10.3. The first-order chi connectivity index (χ1) is 16.1. The van der Waals surface area contributed by atoms with Gasteiger partial charge in [0.25, 0.3) is 0 Å². The monoisotopic (exact) mass is 459 g/mol. The number of pyridine rings is 1. The predicted octanol–water partition coefficient (Wildman–Crippen LogP) is 5.98. The number of aliphatic carboxylic acids is 1. The van der Waals surface area contributed by atoms with Crippen molar-refractivity contribution in [3.63, 3.8) is 0 Å². The fourth-order valence-corrected chi connectivity index (χ4v) is 5.26. The van der Waals surface area contributed by atoms with E-state index in [1.165, 1.54) is 12.1 Å². The van der Waals surface area contributed by atoms with Crippen LogP contribution in [0.2, 0.25) is 0 Å². The minimum Gasteiger partial charge on any atom is -0.481 e. The number of carboxylic acid groups (broad SMARTS) is 1. The summed E-state index contributed by atoms with van der Waals surface area (Å²) >= 11 is 1.57. The molecule has 0 aliphatic carbocycles. The summed E-state index contributed by atoms with van der Waals surface area (Å²) in [6, 6.07) is 18.4. The Bertz CT molecular complexity index is 1260. The lowest BCUT2D eigenvalue weighted by atomic mass is 9.99. The summed E-state index contributed by atoms with van der Waals surface area (Å²) in [6.07, 6.45) is 5.10. The minimum atomic E-state index is -0.750. The number of piperidine rings is 1. The van der Waals surface area contributed by atoms with Gasteiger partial charge in [-0.05, 0) is 42.2 Å². The molecule has 3 heterocycles. The molecule has 1 fully saturated rings. The highest BCUT2D eigenvalue weighted by molar-refractivity contribution is 7.19. The van der Waals surface area contributed by atoms with Gasteiger partial charge in [-0.2, -0.15) is 0 Å². The molecule has 0 saturated carbocycles. The van der Waals surface area contributed by atoms with Gasteiger partial charge in [-0.3, -0.25) is 9.78 Å². The molecule has 1 aliphatic rings. The van der Waals surface area contributed by atoms with Gasteiger partial charge in [0.2, 0.25) is 0 Å². The Morgan fingerprint density at radius 1 is 1.00 bits per heavy atom. The molecular weight excluding hydrogens is 437 g/mol. The molecule has 5 rings (SSSR count). The average Bonchev–Trinajstić information content (AvgIpc) is 3.31. The third kappa shape index (κ3) is 4.50. The van der Waals surface area contributed by atoms with Crippen molar-refractivity contribution in [3.8, 4) is 32.8 Å². The number of thiazole rings is 1. The molecule has 0 spiro atoms. The van der Waals surface area contributed by atoms with E-state index in [1.54, 1.807) is 29.7 Å². The first-order valence-electron chi connectivity index (χ1n) is 10.8. The summed E-state index contributed by atoms with van der Waals surface area (Å²) < 4.78 is 13.3. The molecule has 33 heavy (non-hydrogen) atoms. The Balaban J connectivity index is 1.52. The van der Waals surface area contributed by atoms with Crippen molar-refractivity contribution in [1.82, 2.24) is 9.97 Å². The molecule has 4 aromatic rings. The number of hydrogen-bond donors (Lipinski definition) is 1. The molecule has 7 heteroatoms. The maximum absolute atomic E-state index is 13.3. The van der Waals surface area contributed by atoms with Crippen LogP contribution in [0.3, 0.4) is 0 Å². The van der Waals surface area contributed by atoms with Crippen molar-refractivity contribution in [1.29, 1.82) is 0 Å². The highest BCUT2D eigenvalue weighted by Crippen LogP contribution is 2.41. The maximum atomic E-state index is 13.3. The smallest absolute Gasteiger partial charge is 0.308 e. The van der Waals surface area contributed by atoms with Crippen LogP contribution < -0.4 is 4.90 Å². The fraction of sp³-hybridized carbons (Fsp3) is 0.192. The van der Waals surface area contributed by atoms with E-state index < -0.39 is 5.97 Å². The number of rotatable bonds is 5. The lowest BCUT2D eigenvalue weighted by molar-refractivity contribution is -0.141. The third-order valence-corrected chi connectivity index (χ3v) is 7.08. The molecule has 5 nitrogen and oxygen atoms in total. The van der Waals surface area contributed by atoms with Gasteiger partial charge in [0, 0.05) is 36.6 Å². The summed E-state index contributed by atoms with van der Waals surface area (Å²) in [7, 11) is 0. The van der Waals surface area contributed by atoms with Crippen LogP contribution in [0.15, 0.2) is 73.1 Å². The Kier molecular flexibility index (Phi) is 5.88. The summed E-state index contributed by atoms with van der Waals surface area (Å²) in [6.45, 7) is 1.27. The van der Waals surface area contributed by atoms with E-state index in [4.69, 9.17) is 4.98 Å². The van der Waals surface area contributed by atoms with E-state index in [9.17, 15) is 14.3 Å². The van der Waals surface area contributed by atoms with Gasteiger partial charge >= 0.3 is 5.97 Å². The zero-order valence-electron chi connectivity index (χ0n) is 17.8. The van der Waals surface area contributed by atoms with Crippen LogP contribution >= 0.6 is 11.3 Å². The highest BCUT2D eigenvalue weighted by atomic mass is 32.1. The van der Waals surface area contributed by atoms with Crippen LogP contribution in [-0.4, -0.2) is 34.1 Å². The van der Waals surface area contributed by atoms with E-state index in [0.29, 0.717) is 13.0 Å². The standard InChI is InChI=1S/C26H22FN3O2S/c27-22-11-9-18(10-12-22)17-5-7-19(8-6-17)23-24(20-3-1-13-28-15-20)33-26(29-23)30-14-2-4-21(16-30)25(31)32/h1,3,5-13,15,21H,2,4,14,16H2,(H,31,32). The van der Waals surface area contributed by atoms with Gasteiger partial charge in [0.1, 0.15) is 5.82 Å². The van der Waals surface area contributed by atoms with Crippen molar-refractivity contribution in [2.75, 3.05) is 18.0 Å². The van der Waals surface area contributed by atoms with Gasteiger partial charge in [-0.15, -0.1) is 0 Å². The van der Waals surface area contributed by atoms with E-state index in [0.717, 1.165) is 50.9 Å². The second kappa shape index (κ2) is 9.11. The molecule has 1 atom stereocenters. The number of carboxylic acids is 1. The van der Waals surface area contributed by atoms with Gasteiger partial charge in [0.05, 0.1) is 16.5 Å². The molecule has 0 radical (unpaired) electrons. The third-order valence-electron chi connectivity index (χ3n) is 5.92. The molecule has 2 aromatic heterocycles. The van der Waals surface area contributed by atoms with Crippen LogP contribution in [0.25, 0.3) is 32.8 Å². The maximum Gasteiger partial charge on any atom is 0.308 e. The van der Waals surface area contributed by atoms with Crippen molar-refractivity contribution < 1.29 is 14.3 Å². The molecule has 1 saturated heterocycles. The molecule has 1 N–H and O–H groups in total. The van der Waals surface area contributed by atoms with Crippen LogP contribution in [-0.2, 0) is 4.79 Å². The van der Waals surface area contributed by atoms with Gasteiger partial charge in [-0.25, -0.2) is 9.37 Å². The number of hydrogen-bond acceptors (Lipinski definition) is 5. The minimum absolute atomic E-state index is 0.255. The SMILES string of the molecule is O=C(O)C1CCCN(c2nc(-c3ccc(-c4ccc(F)cc4)cc3)c(-c3cccnc3)s2)C1. The number of nitrogens with zero attached hydrogens (tertiary/aromatic N) is 3. The van der Waals surface area contributed by atoms with Gasteiger partial charge in [0.15, 0.2) is 5.13 Å². The second-order valence-corrected chi connectivity index (χ2v) is 9.10. The molecular formula is C26H22FN3O2S. The van der Waals surface area contributed by atoms with Crippen LogP contribution in [0.1, 0.15) is 12.8 Å². The number of benzene rings is 2. The average molecular weight is 460 g/mol. The summed E-state index contributed by atoms with van der Waals surface area (Å²) in [5.41, 5.74) is 4.74. The first-order valence-corrected chi connectivity index (χ1v) is 11.7. The first kappa shape index (κ1) is 21.3. The fourth-order valence-electron chi connectivity index (χ4n) is 4.15. The quantitative estimate of drug-likeness (QED) is 0.398. The predicted molar refractivity (Wildman–Crippen MR) is 129 cm³/mol. The van der Waals surface area contributed by atoms with E-state index >= 15 is 0 Å². The zero-order chi connectivity index (χ0) is 22.8. The molecule has 1 aliphatic heterocycles. The van der Waals surface area contributed by atoms with Gasteiger partial charge in [-0.1, -0.05) is 53.8 Å². The number of carbonyl (C=O) groups is 1. The summed E-state index contributed by atoms with van der Waals surface area (Å²) in [4.78, 5) is 23.9. The Morgan fingerprint density at radius 3 is 2.36 bits per heavy atom. The van der Waals surface area contributed by atoms with Crippen LogP contribution in [0.4, 0.5) is 9.52 Å². The molecule has 2 aromatic carbocycles. The number of anilines is 1. The van der Waals surface area contributed by atoms with Gasteiger partial charge < -0.3 is 10.0 Å². The van der Waals surface area contributed by atoms with E-state index in [-0.39, 0.29) is 11.7 Å². The lowest BCUT2D eigenvalue weighted by Crippen LogP contribution is -2.38. The normalized spacial score (nSPS) is 16.0. The molecule has 0 bridgehead atoms. The van der Waals surface area contributed by atoms with Crippen molar-refractivity contribution in [3.05, 3.63) is 78.9 Å². The number of halogens is 1. The topological polar surface area (TPSA) is 66.3 Å². The molecule has 166 valence electrons. The molecule has 0 amide bonds. The number of aromatic nitrogens is 2.